The first-order valence-electron chi connectivity index (χ1n) is 17.9. The zero-order valence-corrected chi connectivity index (χ0v) is 28.5. The molecule has 3 nitrogen and oxygen atoms in total. The predicted molar refractivity (Wildman–Crippen MR) is 220 cm³/mol. The van der Waals surface area contributed by atoms with E-state index in [-0.39, 0.29) is 17.1 Å². The van der Waals surface area contributed by atoms with E-state index < -0.39 is 0 Å². The normalized spacial score (nSPS) is 12.9. The molecule has 0 radical (unpaired) electrons. The maximum absolute atomic E-state index is 13.6. The Bertz CT molecular complexity index is 3010. The number of hydrogen-bond acceptors (Lipinski definition) is 3. The molecule has 0 N–H and O–H groups in total. The molecule has 0 aliphatic heterocycles. The van der Waals surface area contributed by atoms with E-state index in [1.165, 1.54) is 32.3 Å². The number of Topliss-reactive ketones (excluding diaryl/α,β-unsaturated/α-hetero) is 2. The van der Waals surface area contributed by atoms with Crippen molar-refractivity contribution in [3.05, 3.63) is 192 Å². The molecule has 0 fully saturated rings. The molecule has 10 aromatic carbocycles. The maximum Gasteiger partial charge on any atom is 0.197 e. The summed E-state index contributed by atoms with van der Waals surface area (Å²) >= 11 is 0. The lowest BCUT2D eigenvalue weighted by Crippen LogP contribution is -2.11. The van der Waals surface area contributed by atoms with Gasteiger partial charge in [-0.3, -0.25) is 9.59 Å². The van der Waals surface area contributed by atoms with E-state index in [4.69, 9.17) is 0 Å². The zero-order chi connectivity index (χ0) is 35.2. The monoisotopic (exact) mass is 675 g/mol. The van der Waals surface area contributed by atoms with Gasteiger partial charge >= 0.3 is 0 Å². The second-order valence-electron chi connectivity index (χ2n) is 14.0. The molecule has 0 amide bonds. The highest BCUT2D eigenvalue weighted by molar-refractivity contribution is 6.42. The van der Waals surface area contributed by atoms with E-state index in [1.807, 2.05) is 36.4 Å². The summed E-state index contributed by atoms with van der Waals surface area (Å²) in [7, 11) is 0. The number of allylic oxidation sites excluding steroid dienone is 1. The van der Waals surface area contributed by atoms with E-state index in [1.54, 1.807) is 6.08 Å². The summed E-state index contributed by atoms with van der Waals surface area (Å²) in [4.78, 5) is 29.6. The summed E-state index contributed by atoms with van der Waals surface area (Å²) in [6.45, 7) is 0. The van der Waals surface area contributed by atoms with Gasteiger partial charge in [-0.15, -0.1) is 0 Å². The summed E-state index contributed by atoms with van der Waals surface area (Å²) in [6.07, 6.45) is 1.77. The van der Waals surface area contributed by atoms with Crippen LogP contribution >= 0.6 is 0 Å². The molecule has 11 rings (SSSR count). The van der Waals surface area contributed by atoms with Crippen LogP contribution < -0.4 is 4.90 Å². The lowest BCUT2D eigenvalue weighted by Gasteiger charge is -2.29. The highest BCUT2D eigenvalue weighted by Gasteiger charge is 2.33. The highest BCUT2D eigenvalue weighted by atomic mass is 16.2. The van der Waals surface area contributed by atoms with Crippen molar-refractivity contribution in [2.75, 3.05) is 4.90 Å². The predicted octanol–water partition coefficient (Wildman–Crippen LogP) is 13.0. The van der Waals surface area contributed by atoms with Crippen LogP contribution in [0.3, 0.4) is 0 Å². The summed E-state index contributed by atoms with van der Waals surface area (Å²) in [5.74, 6) is -0.425. The average Bonchev–Trinajstić information content (AvgIpc) is 3.42. The van der Waals surface area contributed by atoms with Crippen LogP contribution in [-0.4, -0.2) is 11.6 Å². The Morgan fingerprint density at radius 1 is 0.377 bits per heavy atom. The number of carbonyl (C=O) groups excluding carboxylic acids is 2. The molecule has 0 atom stereocenters. The number of ketones is 2. The molecule has 0 saturated heterocycles. The van der Waals surface area contributed by atoms with E-state index in [9.17, 15) is 9.59 Å². The van der Waals surface area contributed by atoms with Crippen LogP contribution in [0, 0.1) is 0 Å². The van der Waals surface area contributed by atoms with Crippen molar-refractivity contribution in [3.63, 3.8) is 0 Å². The van der Waals surface area contributed by atoms with Gasteiger partial charge in [0.15, 0.2) is 11.6 Å². The first-order chi connectivity index (χ1) is 26.1. The molecular formula is C50H29NO2. The summed E-state index contributed by atoms with van der Waals surface area (Å²) in [5.41, 5.74) is 5.34. The minimum Gasteiger partial charge on any atom is -0.309 e. The molecule has 1 aliphatic rings. The number of rotatable bonds is 4. The number of hydrogen-bond donors (Lipinski definition) is 0. The Hall–Kier alpha value is -7.10. The van der Waals surface area contributed by atoms with Crippen molar-refractivity contribution < 1.29 is 9.59 Å². The minimum absolute atomic E-state index is 0.213. The van der Waals surface area contributed by atoms with Gasteiger partial charge in [0, 0.05) is 27.6 Å². The van der Waals surface area contributed by atoms with Crippen molar-refractivity contribution in [3.8, 4) is 0 Å². The fraction of sp³-hybridized carbons (Fsp3) is 0. The number of nitrogens with zero attached hydrogens (tertiary/aromatic N) is 1. The summed E-state index contributed by atoms with van der Waals surface area (Å²) in [5, 5.41) is 13.5. The van der Waals surface area contributed by atoms with Gasteiger partial charge in [-0.05, 0) is 114 Å². The molecule has 0 unspecified atom stereocenters. The van der Waals surface area contributed by atoms with Crippen molar-refractivity contribution in [2.24, 2.45) is 0 Å². The first-order valence-corrected chi connectivity index (χ1v) is 17.9. The maximum atomic E-state index is 13.6. The number of carbonyl (C=O) groups is 2. The van der Waals surface area contributed by atoms with Gasteiger partial charge in [0.05, 0.1) is 16.9 Å². The third-order valence-corrected chi connectivity index (χ3v) is 11.0. The minimum atomic E-state index is -0.213. The molecule has 10 aromatic rings. The van der Waals surface area contributed by atoms with Crippen LogP contribution in [0.4, 0.5) is 17.1 Å². The molecule has 0 spiro atoms. The van der Waals surface area contributed by atoms with Gasteiger partial charge in [-0.25, -0.2) is 0 Å². The SMILES string of the molecule is O=C1C(=Cc2cc3ccc4cc(N(c5cccc6ccccc56)c5cccc6ccccc56)cc5ccc(c2)c3c45)C(=O)c2cc3ccccc3cc21. The molecule has 53 heavy (non-hydrogen) atoms. The molecule has 0 saturated carbocycles. The lowest BCUT2D eigenvalue weighted by molar-refractivity contribution is 0.0990. The number of fused-ring (bicyclic) bond motifs is 4. The van der Waals surface area contributed by atoms with Crippen LogP contribution in [-0.2, 0) is 0 Å². The Morgan fingerprint density at radius 3 is 1.28 bits per heavy atom. The second-order valence-corrected chi connectivity index (χ2v) is 14.0. The van der Waals surface area contributed by atoms with Crippen molar-refractivity contribution >= 4 is 99.3 Å². The van der Waals surface area contributed by atoms with Crippen molar-refractivity contribution in [1.82, 2.24) is 0 Å². The molecule has 246 valence electrons. The summed E-state index contributed by atoms with van der Waals surface area (Å²) in [6, 6.07) is 59.3. The fourth-order valence-electron chi connectivity index (χ4n) is 8.58. The van der Waals surface area contributed by atoms with Crippen LogP contribution in [0.1, 0.15) is 26.3 Å². The second kappa shape index (κ2) is 11.2. The fourth-order valence-corrected chi connectivity index (χ4v) is 8.58. The van der Waals surface area contributed by atoms with E-state index in [2.05, 4.69) is 138 Å². The van der Waals surface area contributed by atoms with E-state index >= 15 is 0 Å². The lowest BCUT2D eigenvalue weighted by atomic mass is 9.91. The third-order valence-electron chi connectivity index (χ3n) is 11.0. The van der Waals surface area contributed by atoms with Crippen LogP contribution in [0.25, 0.3) is 70.7 Å². The third kappa shape index (κ3) is 4.47. The first kappa shape index (κ1) is 29.6. The van der Waals surface area contributed by atoms with Crippen molar-refractivity contribution in [1.29, 1.82) is 0 Å². The van der Waals surface area contributed by atoms with Gasteiger partial charge in [0.2, 0.25) is 0 Å². The molecule has 3 heteroatoms. The average molecular weight is 676 g/mol. The van der Waals surface area contributed by atoms with E-state index in [0.29, 0.717) is 11.1 Å². The Labute approximate surface area is 305 Å². The van der Waals surface area contributed by atoms with Crippen molar-refractivity contribution in [2.45, 2.75) is 0 Å². The van der Waals surface area contributed by atoms with Gasteiger partial charge < -0.3 is 4.90 Å². The van der Waals surface area contributed by atoms with Gasteiger partial charge in [-0.1, -0.05) is 121 Å². The van der Waals surface area contributed by atoms with Crippen LogP contribution in [0.2, 0.25) is 0 Å². The Morgan fingerprint density at radius 2 is 0.792 bits per heavy atom. The van der Waals surface area contributed by atoms with Crippen LogP contribution in [0.15, 0.2) is 175 Å². The van der Waals surface area contributed by atoms with Crippen LogP contribution in [0.5, 0.6) is 0 Å². The summed E-state index contributed by atoms with van der Waals surface area (Å²) < 4.78 is 0. The Balaban J connectivity index is 1.07. The molecule has 1 aliphatic carbocycles. The topological polar surface area (TPSA) is 37.4 Å². The molecule has 0 heterocycles. The molecule has 0 aromatic heterocycles. The molecule has 0 bridgehead atoms. The standard InChI is InChI=1S/C50H29NO2/c52-49-42-28-33-11-1-2-12-34(33)29-43(42)50(53)44(49)25-30-23-35-19-21-37-26-39(27-38-22-20-36(24-30)47(35)48(37)38)51(45-17-7-13-31-9-3-5-15-40(31)45)46-18-8-14-32-10-4-6-16-41(32)46/h1-29H. The van der Waals surface area contributed by atoms with Gasteiger partial charge in [0.25, 0.3) is 0 Å². The zero-order valence-electron chi connectivity index (χ0n) is 28.5. The molecular weight excluding hydrogens is 647 g/mol. The largest absolute Gasteiger partial charge is 0.309 e. The van der Waals surface area contributed by atoms with Gasteiger partial charge in [-0.2, -0.15) is 0 Å². The quantitative estimate of drug-likeness (QED) is 0.106. The van der Waals surface area contributed by atoms with E-state index in [0.717, 1.165) is 54.9 Å². The number of benzene rings is 10. The smallest absolute Gasteiger partial charge is 0.197 e. The highest BCUT2D eigenvalue weighted by Crippen LogP contribution is 2.45. The van der Waals surface area contributed by atoms with Gasteiger partial charge in [0.1, 0.15) is 0 Å². The number of anilines is 3. The Kier molecular flexibility index (Phi) is 6.26.